The summed E-state index contributed by atoms with van der Waals surface area (Å²) in [5.74, 6) is -0.451. The third-order valence-electron chi connectivity index (χ3n) is 3.16. The average Bonchev–Trinajstić information content (AvgIpc) is 3.04. The normalized spacial score (nSPS) is 11.7. The predicted molar refractivity (Wildman–Crippen MR) is 80.7 cm³/mol. The van der Waals surface area contributed by atoms with Gasteiger partial charge in [-0.3, -0.25) is 0 Å². The molecule has 0 aliphatic rings. The van der Waals surface area contributed by atoms with E-state index < -0.39 is 5.97 Å². The Morgan fingerprint density at radius 1 is 1.43 bits per heavy atom. The van der Waals surface area contributed by atoms with Crippen LogP contribution in [0.2, 0.25) is 0 Å². The molecular formula is C14H20N4O2S. The lowest BCUT2D eigenvalue weighted by Gasteiger charge is -2.14. The minimum atomic E-state index is -0.451. The monoisotopic (exact) mass is 308 g/mol. The van der Waals surface area contributed by atoms with E-state index in [2.05, 4.69) is 41.4 Å². The van der Waals surface area contributed by atoms with Gasteiger partial charge in [0.15, 0.2) is 5.69 Å². The van der Waals surface area contributed by atoms with Gasteiger partial charge in [-0.05, 0) is 6.42 Å². The molecule has 0 aromatic carbocycles. The lowest BCUT2D eigenvalue weighted by atomic mass is 9.93. The lowest BCUT2D eigenvalue weighted by molar-refractivity contribution is 0.0592. The standard InChI is InChI=1S/C14H20N4O2S/c1-6-9-12(13(19)20-5)16-17-18(9)7-11-15-10(8-21-11)14(2,3)4/h8H,6-7H2,1-5H3. The number of rotatable bonds is 4. The highest BCUT2D eigenvalue weighted by Crippen LogP contribution is 2.24. The first kappa shape index (κ1) is 15.6. The van der Waals surface area contributed by atoms with Gasteiger partial charge in [0.25, 0.3) is 0 Å². The summed E-state index contributed by atoms with van der Waals surface area (Å²) < 4.78 is 6.44. The van der Waals surface area contributed by atoms with Crippen LogP contribution in [0.3, 0.4) is 0 Å². The maximum atomic E-state index is 11.6. The second-order valence-electron chi connectivity index (χ2n) is 5.76. The van der Waals surface area contributed by atoms with Gasteiger partial charge < -0.3 is 4.74 Å². The van der Waals surface area contributed by atoms with Crippen molar-refractivity contribution < 1.29 is 9.53 Å². The van der Waals surface area contributed by atoms with Gasteiger partial charge in [-0.15, -0.1) is 16.4 Å². The van der Waals surface area contributed by atoms with E-state index in [0.717, 1.165) is 16.4 Å². The van der Waals surface area contributed by atoms with Crippen molar-refractivity contribution in [2.24, 2.45) is 0 Å². The molecule has 0 fully saturated rings. The van der Waals surface area contributed by atoms with Crippen LogP contribution in [0.5, 0.6) is 0 Å². The van der Waals surface area contributed by atoms with Gasteiger partial charge in [-0.1, -0.05) is 32.9 Å². The van der Waals surface area contributed by atoms with E-state index in [0.29, 0.717) is 13.0 Å². The fraction of sp³-hybridized carbons (Fsp3) is 0.571. The highest BCUT2D eigenvalue weighted by atomic mass is 32.1. The number of carbonyl (C=O) groups is 1. The smallest absolute Gasteiger partial charge is 0.360 e. The van der Waals surface area contributed by atoms with Gasteiger partial charge in [-0.25, -0.2) is 14.5 Å². The van der Waals surface area contributed by atoms with E-state index >= 15 is 0 Å². The van der Waals surface area contributed by atoms with Crippen molar-refractivity contribution in [2.75, 3.05) is 7.11 Å². The van der Waals surface area contributed by atoms with Crippen LogP contribution in [0.25, 0.3) is 0 Å². The fourth-order valence-electron chi connectivity index (χ4n) is 1.92. The van der Waals surface area contributed by atoms with E-state index in [1.54, 1.807) is 16.0 Å². The van der Waals surface area contributed by atoms with Gasteiger partial charge in [0, 0.05) is 10.8 Å². The maximum Gasteiger partial charge on any atom is 0.360 e. The number of methoxy groups -OCH3 is 1. The number of ether oxygens (including phenoxy) is 1. The summed E-state index contributed by atoms with van der Waals surface area (Å²) in [7, 11) is 1.34. The number of hydrogen-bond donors (Lipinski definition) is 0. The summed E-state index contributed by atoms with van der Waals surface area (Å²) in [6.45, 7) is 8.88. The van der Waals surface area contributed by atoms with Crippen LogP contribution >= 0.6 is 11.3 Å². The van der Waals surface area contributed by atoms with E-state index in [4.69, 9.17) is 4.74 Å². The molecule has 0 bridgehead atoms. The van der Waals surface area contributed by atoms with Crippen molar-refractivity contribution in [3.8, 4) is 0 Å². The summed E-state index contributed by atoms with van der Waals surface area (Å²) in [6, 6.07) is 0. The first-order valence-electron chi connectivity index (χ1n) is 6.82. The molecule has 0 unspecified atom stereocenters. The number of aromatic nitrogens is 4. The molecule has 2 aromatic heterocycles. The zero-order valence-electron chi connectivity index (χ0n) is 13.0. The van der Waals surface area contributed by atoms with Crippen molar-refractivity contribution in [3.05, 3.63) is 27.5 Å². The number of esters is 1. The third-order valence-corrected chi connectivity index (χ3v) is 3.99. The van der Waals surface area contributed by atoms with Crippen LogP contribution in [-0.2, 0) is 23.1 Å². The summed E-state index contributed by atoms with van der Waals surface area (Å²) in [5.41, 5.74) is 2.15. The van der Waals surface area contributed by atoms with Gasteiger partial charge in [-0.2, -0.15) is 0 Å². The van der Waals surface area contributed by atoms with E-state index in [1.807, 2.05) is 6.92 Å². The van der Waals surface area contributed by atoms with Crippen molar-refractivity contribution >= 4 is 17.3 Å². The van der Waals surface area contributed by atoms with Gasteiger partial charge in [0.05, 0.1) is 25.0 Å². The second kappa shape index (κ2) is 5.93. The zero-order chi connectivity index (χ0) is 15.6. The Hall–Kier alpha value is -1.76. The molecule has 114 valence electrons. The highest BCUT2D eigenvalue weighted by molar-refractivity contribution is 7.09. The minimum absolute atomic E-state index is 0.0296. The van der Waals surface area contributed by atoms with Crippen LogP contribution in [-0.4, -0.2) is 33.1 Å². The summed E-state index contributed by atoms with van der Waals surface area (Å²) in [6.07, 6.45) is 0.662. The van der Waals surface area contributed by atoms with E-state index in [9.17, 15) is 4.79 Å². The Labute approximate surface area is 128 Å². The van der Waals surface area contributed by atoms with Gasteiger partial charge in [0.1, 0.15) is 5.01 Å². The molecule has 0 aliphatic carbocycles. The largest absolute Gasteiger partial charge is 0.464 e. The molecule has 2 aromatic rings. The first-order chi connectivity index (χ1) is 9.86. The van der Waals surface area contributed by atoms with Crippen molar-refractivity contribution in [1.82, 2.24) is 20.0 Å². The minimum Gasteiger partial charge on any atom is -0.464 e. The Morgan fingerprint density at radius 2 is 2.14 bits per heavy atom. The van der Waals surface area contributed by atoms with Crippen LogP contribution in [0.15, 0.2) is 5.38 Å². The molecule has 21 heavy (non-hydrogen) atoms. The van der Waals surface area contributed by atoms with Crippen molar-refractivity contribution in [2.45, 2.75) is 46.1 Å². The Bertz CT molecular complexity index is 640. The fourth-order valence-corrected chi connectivity index (χ4v) is 2.92. The molecule has 0 spiro atoms. The Morgan fingerprint density at radius 3 is 2.67 bits per heavy atom. The summed E-state index contributed by atoms with van der Waals surface area (Å²) >= 11 is 1.60. The number of carbonyl (C=O) groups excluding carboxylic acids is 1. The summed E-state index contributed by atoms with van der Waals surface area (Å²) in [4.78, 5) is 16.3. The zero-order valence-corrected chi connectivity index (χ0v) is 13.8. The van der Waals surface area contributed by atoms with Crippen molar-refractivity contribution in [1.29, 1.82) is 0 Å². The molecule has 0 radical (unpaired) electrons. The van der Waals surface area contributed by atoms with Gasteiger partial charge >= 0.3 is 5.97 Å². The molecule has 0 N–H and O–H groups in total. The van der Waals surface area contributed by atoms with Crippen molar-refractivity contribution in [3.63, 3.8) is 0 Å². The van der Waals surface area contributed by atoms with E-state index in [-0.39, 0.29) is 11.1 Å². The second-order valence-corrected chi connectivity index (χ2v) is 6.71. The number of thiazole rings is 1. The molecule has 0 amide bonds. The lowest BCUT2D eigenvalue weighted by Crippen LogP contribution is -2.13. The van der Waals surface area contributed by atoms with Crippen LogP contribution in [0.1, 0.15) is 54.6 Å². The Balaban J connectivity index is 2.26. The topological polar surface area (TPSA) is 69.9 Å². The van der Waals surface area contributed by atoms with Crippen LogP contribution in [0.4, 0.5) is 0 Å². The number of hydrogen-bond acceptors (Lipinski definition) is 6. The van der Waals surface area contributed by atoms with E-state index in [1.165, 1.54) is 7.11 Å². The predicted octanol–water partition coefficient (Wildman–Crippen LogP) is 2.43. The molecule has 0 aliphatic heterocycles. The van der Waals surface area contributed by atoms with Crippen LogP contribution < -0.4 is 0 Å². The quantitative estimate of drug-likeness (QED) is 0.811. The molecule has 0 atom stereocenters. The van der Waals surface area contributed by atoms with Crippen LogP contribution in [0, 0.1) is 0 Å². The number of nitrogens with zero attached hydrogens (tertiary/aromatic N) is 4. The molecule has 6 nitrogen and oxygen atoms in total. The average molecular weight is 308 g/mol. The molecule has 2 rings (SSSR count). The summed E-state index contributed by atoms with van der Waals surface area (Å²) in [5, 5.41) is 11.0. The van der Waals surface area contributed by atoms with Gasteiger partial charge in [0.2, 0.25) is 0 Å². The SMILES string of the molecule is CCc1c(C(=O)OC)nnn1Cc1nc(C(C)(C)C)cs1. The molecule has 7 heteroatoms. The highest BCUT2D eigenvalue weighted by Gasteiger charge is 2.21. The molecular weight excluding hydrogens is 288 g/mol. The molecule has 0 saturated heterocycles. The molecule has 2 heterocycles. The first-order valence-corrected chi connectivity index (χ1v) is 7.70. The Kier molecular flexibility index (Phi) is 4.41. The maximum absolute atomic E-state index is 11.6. The third kappa shape index (κ3) is 3.29. The molecule has 0 saturated carbocycles.